The first-order valence-corrected chi connectivity index (χ1v) is 5.04. The Kier molecular flexibility index (Phi) is 3.45. The van der Waals surface area contributed by atoms with Crippen LogP contribution in [0.5, 0.6) is 0 Å². The molecule has 1 heterocycles. The van der Waals surface area contributed by atoms with Gasteiger partial charge < -0.3 is 10.4 Å². The number of nitrogens with one attached hydrogen (secondary N) is 1. The van der Waals surface area contributed by atoms with Gasteiger partial charge in [-0.15, -0.1) is 0 Å². The molecule has 2 N–H and O–H groups in total. The monoisotopic (exact) mass is 199 g/mol. The van der Waals surface area contributed by atoms with E-state index in [1.807, 2.05) is 17.7 Å². The number of carbonyl (C=O) groups is 1. The van der Waals surface area contributed by atoms with E-state index in [0.717, 1.165) is 5.56 Å². The van der Waals surface area contributed by atoms with Gasteiger partial charge in [-0.2, -0.15) is 11.3 Å². The molecule has 0 aliphatic rings. The lowest BCUT2D eigenvalue weighted by Crippen LogP contribution is -2.35. The van der Waals surface area contributed by atoms with E-state index in [9.17, 15) is 4.79 Å². The molecule has 72 valence electrons. The Morgan fingerprint density at radius 1 is 1.69 bits per heavy atom. The van der Waals surface area contributed by atoms with Crippen molar-refractivity contribution in [3.05, 3.63) is 21.9 Å². The highest BCUT2D eigenvalue weighted by molar-refractivity contribution is 7.08. The Hall–Kier alpha value is -0.870. The van der Waals surface area contributed by atoms with Crippen LogP contribution in [0.15, 0.2) is 10.8 Å². The topological polar surface area (TPSA) is 49.3 Å². The highest BCUT2D eigenvalue weighted by Crippen LogP contribution is 2.13. The number of hydrogen-bond donors (Lipinski definition) is 2. The molecule has 0 unspecified atom stereocenters. The molecule has 1 atom stereocenters. The Labute approximate surface area is 81.4 Å². The number of thiophene rings is 1. The summed E-state index contributed by atoms with van der Waals surface area (Å²) in [5.41, 5.74) is 1.68. The summed E-state index contributed by atoms with van der Waals surface area (Å²) in [7, 11) is 0. The second kappa shape index (κ2) is 4.39. The third-order valence-electron chi connectivity index (χ3n) is 1.75. The summed E-state index contributed by atoms with van der Waals surface area (Å²) in [6, 6.07) is -0.188. The fraction of sp³-hybridized carbons (Fsp3) is 0.444. The zero-order valence-electron chi connectivity index (χ0n) is 7.70. The summed E-state index contributed by atoms with van der Waals surface area (Å²) in [5.74, 6) is -0.111. The van der Waals surface area contributed by atoms with E-state index in [1.54, 1.807) is 6.92 Å². The molecule has 0 fully saturated rings. The van der Waals surface area contributed by atoms with Crippen LogP contribution in [-0.2, 0) is 0 Å². The molecule has 1 aromatic heterocycles. The van der Waals surface area contributed by atoms with E-state index in [0.29, 0.717) is 5.56 Å². The van der Waals surface area contributed by atoms with Crippen molar-refractivity contribution in [3.8, 4) is 0 Å². The molecule has 4 heteroatoms. The predicted octanol–water partition coefficient (Wildman–Crippen LogP) is 1.17. The Bertz CT molecular complexity index is 296. The maximum absolute atomic E-state index is 11.5. The van der Waals surface area contributed by atoms with Crippen LogP contribution in [0.25, 0.3) is 0 Å². The second-order valence-corrected chi connectivity index (χ2v) is 3.77. The largest absolute Gasteiger partial charge is 0.394 e. The van der Waals surface area contributed by atoms with Crippen molar-refractivity contribution in [2.75, 3.05) is 6.61 Å². The minimum absolute atomic E-state index is 0.0328. The zero-order valence-corrected chi connectivity index (χ0v) is 8.52. The number of aryl methyl sites for hydroxylation is 1. The second-order valence-electron chi connectivity index (χ2n) is 3.03. The molecule has 0 bridgehead atoms. The fourth-order valence-corrected chi connectivity index (χ4v) is 1.77. The lowest BCUT2D eigenvalue weighted by Gasteiger charge is -2.09. The van der Waals surface area contributed by atoms with Crippen LogP contribution < -0.4 is 5.32 Å². The van der Waals surface area contributed by atoms with Crippen molar-refractivity contribution in [1.29, 1.82) is 0 Å². The third-order valence-corrected chi connectivity index (χ3v) is 2.61. The smallest absolute Gasteiger partial charge is 0.252 e. The molecule has 0 aliphatic carbocycles. The molecule has 0 radical (unpaired) electrons. The van der Waals surface area contributed by atoms with Crippen LogP contribution >= 0.6 is 11.3 Å². The molecule has 0 spiro atoms. The summed E-state index contributed by atoms with van der Waals surface area (Å²) in [6.07, 6.45) is 0. The summed E-state index contributed by atoms with van der Waals surface area (Å²) in [6.45, 7) is 3.63. The van der Waals surface area contributed by atoms with Gasteiger partial charge in [0.25, 0.3) is 5.91 Å². The molecule has 3 nitrogen and oxygen atoms in total. The number of rotatable bonds is 3. The van der Waals surface area contributed by atoms with Crippen LogP contribution in [0, 0.1) is 6.92 Å². The van der Waals surface area contributed by atoms with Crippen molar-refractivity contribution in [3.63, 3.8) is 0 Å². The van der Waals surface area contributed by atoms with Crippen molar-refractivity contribution in [2.24, 2.45) is 0 Å². The number of hydrogen-bond acceptors (Lipinski definition) is 3. The van der Waals surface area contributed by atoms with Crippen LogP contribution in [0.3, 0.4) is 0 Å². The molecular formula is C9H13NO2S. The van der Waals surface area contributed by atoms with Crippen molar-refractivity contribution < 1.29 is 9.90 Å². The minimum Gasteiger partial charge on any atom is -0.394 e. The highest BCUT2D eigenvalue weighted by Gasteiger charge is 2.11. The van der Waals surface area contributed by atoms with Gasteiger partial charge in [0.15, 0.2) is 0 Å². The summed E-state index contributed by atoms with van der Waals surface area (Å²) < 4.78 is 0. The molecular weight excluding hydrogens is 186 g/mol. The SMILES string of the molecule is Cc1cscc1C(=O)N[C@@H](C)CO. The lowest BCUT2D eigenvalue weighted by molar-refractivity contribution is 0.0922. The van der Waals surface area contributed by atoms with E-state index in [1.165, 1.54) is 11.3 Å². The standard InChI is InChI=1S/C9H13NO2S/c1-6-4-13-5-8(6)9(12)10-7(2)3-11/h4-5,7,11H,3H2,1-2H3,(H,10,12)/t7-/m0/s1. The first kappa shape index (κ1) is 10.2. The summed E-state index contributed by atoms with van der Waals surface area (Å²) in [5, 5.41) is 15.2. The summed E-state index contributed by atoms with van der Waals surface area (Å²) in [4.78, 5) is 11.5. The number of aliphatic hydroxyl groups excluding tert-OH is 1. The normalized spacial score (nSPS) is 12.5. The van der Waals surface area contributed by atoms with E-state index in [4.69, 9.17) is 5.11 Å². The zero-order chi connectivity index (χ0) is 9.84. The van der Waals surface area contributed by atoms with Gasteiger partial charge in [0.2, 0.25) is 0 Å². The fourth-order valence-electron chi connectivity index (χ4n) is 0.940. The predicted molar refractivity (Wildman–Crippen MR) is 53.1 cm³/mol. The highest BCUT2D eigenvalue weighted by atomic mass is 32.1. The van der Waals surface area contributed by atoms with Gasteiger partial charge in [0.05, 0.1) is 12.2 Å². The maximum Gasteiger partial charge on any atom is 0.252 e. The van der Waals surface area contributed by atoms with E-state index >= 15 is 0 Å². The molecule has 1 rings (SSSR count). The van der Waals surface area contributed by atoms with Gasteiger partial charge in [0, 0.05) is 11.4 Å². The summed E-state index contributed by atoms with van der Waals surface area (Å²) >= 11 is 1.51. The van der Waals surface area contributed by atoms with Crippen molar-refractivity contribution >= 4 is 17.2 Å². The van der Waals surface area contributed by atoms with Crippen LogP contribution in [0.1, 0.15) is 22.8 Å². The third kappa shape index (κ3) is 2.54. The number of carbonyl (C=O) groups excluding carboxylic acids is 1. The lowest BCUT2D eigenvalue weighted by atomic mass is 10.2. The number of aliphatic hydroxyl groups is 1. The molecule has 0 aliphatic heterocycles. The van der Waals surface area contributed by atoms with Gasteiger partial charge in [-0.3, -0.25) is 4.79 Å². The molecule has 0 aromatic carbocycles. The van der Waals surface area contributed by atoms with Crippen LogP contribution in [0.2, 0.25) is 0 Å². The van der Waals surface area contributed by atoms with Crippen molar-refractivity contribution in [1.82, 2.24) is 5.32 Å². The average Bonchev–Trinajstić information content (AvgIpc) is 2.51. The maximum atomic E-state index is 11.5. The van der Waals surface area contributed by atoms with Gasteiger partial charge >= 0.3 is 0 Å². The molecule has 1 amide bonds. The average molecular weight is 199 g/mol. The van der Waals surface area contributed by atoms with Gasteiger partial charge in [-0.25, -0.2) is 0 Å². The molecule has 0 saturated carbocycles. The van der Waals surface area contributed by atoms with E-state index < -0.39 is 0 Å². The van der Waals surface area contributed by atoms with Crippen LogP contribution in [-0.4, -0.2) is 23.7 Å². The van der Waals surface area contributed by atoms with E-state index in [-0.39, 0.29) is 18.6 Å². The van der Waals surface area contributed by atoms with E-state index in [2.05, 4.69) is 5.32 Å². The Morgan fingerprint density at radius 2 is 2.38 bits per heavy atom. The van der Waals surface area contributed by atoms with Gasteiger partial charge in [-0.1, -0.05) is 0 Å². The minimum atomic E-state index is -0.188. The Morgan fingerprint density at radius 3 is 2.85 bits per heavy atom. The molecule has 0 saturated heterocycles. The molecule has 1 aromatic rings. The first-order valence-electron chi connectivity index (χ1n) is 4.09. The van der Waals surface area contributed by atoms with Gasteiger partial charge in [-0.05, 0) is 24.8 Å². The van der Waals surface area contributed by atoms with Crippen molar-refractivity contribution in [2.45, 2.75) is 19.9 Å². The molecule has 13 heavy (non-hydrogen) atoms. The number of amides is 1. The van der Waals surface area contributed by atoms with Gasteiger partial charge in [0.1, 0.15) is 0 Å². The first-order chi connectivity index (χ1) is 6.15. The quantitative estimate of drug-likeness (QED) is 0.767. The Balaban J connectivity index is 2.64. The van der Waals surface area contributed by atoms with Crippen LogP contribution in [0.4, 0.5) is 0 Å².